The third-order valence-corrected chi connectivity index (χ3v) is 3.45. The molecule has 1 aliphatic rings. The highest BCUT2D eigenvalue weighted by Gasteiger charge is 2.23. The second kappa shape index (κ2) is 5.57. The van der Waals surface area contributed by atoms with Crippen molar-refractivity contribution in [3.05, 3.63) is 23.3 Å². The molecule has 0 radical (unpaired) electrons. The van der Waals surface area contributed by atoms with E-state index in [0.717, 1.165) is 30.7 Å². The third-order valence-electron chi connectivity index (χ3n) is 3.45. The van der Waals surface area contributed by atoms with E-state index in [9.17, 15) is 4.39 Å². The van der Waals surface area contributed by atoms with Gasteiger partial charge in [0.15, 0.2) is 0 Å². The number of hydrogen-bond donors (Lipinski definition) is 1. The van der Waals surface area contributed by atoms with E-state index >= 15 is 0 Å². The van der Waals surface area contributed by atoms with Gasteiger partial charge in [0, 0.05) is 23.2 Å². The van der Waals surface area contributed by atoms with Crippen molar-refractivity contribution in [2.75, 3.05) is 20.8 Å². The number of ether oxygens (including phenoxy) is 2. The molecular formula is C14H20FNO2. The molecule has 1 aromatic rings. The van der Waals surface area contributed by atoms with Crippen LogP contribution in [0, 0.1) is 0 Å². The number of hydrogen-bond acceptors (Lipinski definition) is 3. The van der Waals surface area contributed by atoms with Gasteiger partial charge in [0.05, 0.1) is 14.2 Å². The van der Waals surface area contributed by atoms with Crippen molar-refractivity contribution in [1.82, 2.24) is 5.32 Å². The number of methoxy groups -OCH3 is 2. The van der Waals surface area contributed by atoms with Crippen LogP contribution in [0.4, 0.5) is 4.39 Å². The van der Waals surface area contributed by atoms with Gasteiger partial charge < -0.3 is 14.8 Å². The van der Waals surface area contributed by atoms with Crippen molar-refractivity contribution in [3.63, 3.8) is 0 Å². The second-order valence-electron chi connectivity index (χ2n) is 4.60. The lowest BCUT2D eigenvalue weighted by Gasteiger charge is -2.19. The van der Waals surface area contributed by atoms with Crippen molar-refractivity contribution >= 4 is 0 Å². The Morgan fingerprint density at radius 2 is 2.00 bits per heavy atom. The van der Waals surface area contributed by atoms with Crippen LogP contribution in [0.2, 0.25) is 0 Å². The van der Waals surface area contributed by atoms with Crippen LogP contribution in [-0.4, -0.2) is 20.8 Å². The highest BCUT2D eigenvalue weighted by Crippen LogP contribution is 2.38. The fraction of sp³-hybridized carbons (Fsp3) is 0.571. The molecule has 0 aliphatic carbocycles. The fourth-order valence-electron chi connectivity index (χ4n) is 2.48. The quantitative estimate of drug-likeness (QED) is 0.894. The topological polar surface area (TPSA) is 30.5 Å². The average molecular weight is 253 g/mol. The van der Waals surface area contributed by atoms with E-state index < -0.39 is 6.17 Å². The van der Waals surface area contributed by atoms with E-state index in [1.807, 2.05) is 6.07 Å². The summed E-state index contributed by atoms with van der Waals surface area (Å²) in [5.41, 5.74) is 1.61. The van der Waals surface area contributed by atoms with Gasteiger partial charge in [-0.05, 0) is 32.4 Å². The van der Waals surface area contributed by atoms with Crippen molar-refractivity contribution in [1.29, 1.82) is 0 Å². The average Bonchev–Trinajstić information content (AvgIpc) is 2.90. The van der Waals surface area contributed by atoms with E-state index in [1.54, 1.807) is 20.3 Å². The molecule has 1 fully saturated rings. The first kappa shape index (κ1) is 13.1. The van der Waals surface area contributed by atoms with Crippen LogP contribution in [0.25, 0.3) is 0 Å². The Labute approximate surface area is 107 Å². The monoisotopic (exact) mass is 253 g/mol. The van der Waals surface area contributed by atoms with Gasteiger partial charge in [-0.25, -0.2) is 4.39 Å². The molecule has 1 saturated heterocycles. The van der Waals surface area contributed by atoms with Crippen LogP contribution >= 0.6 is 0 Å². The summed E-state index contributed by atoms with van der Waals surface area (Å²) in [5, 5.41) is 3.41. The molecule has 1 heterocycles. The smallest absolute Gasteiger partial charge is 0.128 e. The first-order valence-electron chi connectivity index (χ1n) is 6.30. The minimum atomic E-state index is -1.05. The molecule has 2 atom stereocenters. The van der Waals surface area contributed by atoms with Crippen molar-refractivity contribution in [2.24, 2.45) is 0 Å². The summed E-state index contributed by atoms with van der Waals surface area (Å²) < 4.78 is 24.3. The molecule has 0 bridgehead atoms. The van der Waals surface area contributed by atoms with E-state index in [4.69, 9.17) is 9.47 Å². The van der Waals surface area contributed by atoms with Gasteiger partial charge in [-0.15, -0.1) is 0 Å². The van der Waals surface area contributed by atoms with Crippen LogP contribution in [-0.2, 0) is 0 Å². The van der Waals surface area contributed by atoms with Gasteiger partial charge in [-0.2, -0.15) is 0 Å². The zero-order chi connectivity index (χ0) is 13.1. The third kappa shape index (κ3) is 2.43. The van der Waals surface area contributed by atoms with Crippen LogP contribution in [0.3, 0.4) is 0 Å². The van der Waals surface area contributed by atoms with Gasteiger partial charge in [0.25, 0.3) is 0 Å². The lowest BCUT2D eigenvalue weighted by molar-refractivity contribution is 0.341. The SMILES string of the molecule is COc1cc(OC)c(C2CCCN2)cc1C(C)F. The summed E-state index contributed by atoms with van der Waals surface area (Å²) in [7, 11) is 3.18. The first-order chi connectivity index (χ1) is 8.67. The Morgan fingerprint density at radius 1 is 1.28 bits per heavy atom. The second-order valence-corrected chi connectivity index (χ2v) is 4.60. The highest BCUT2D eigenvalue weighted by molar-refractivity contribution is 5.49. The van der Waals surface area contributed by atoms with Gasteiger partial charge in [-0.3, -0.25) is 0 Å². The summed E-state index contributed by atoms with van der Waals surface area (Å²) in [6, 6.07) is 3.90. The molecule has 0 aromatic heterocycles. The number of rotatable bonds is 4. The molecule has 3 nitrogen and oxygen atoms in total. The van der Waals surface area contributed by atoms with Crippen molar-refractivity contribution in [2.45, 2.75) is 32.0 Å². The number of benzene rings is 1. The predicted molar refractivity (Wildman–Crippen MR) is 69.0 cm³/mol. The first-order valence-corrected chi connectivity index (χ1v) is 6.30. The van der Waals surface area contributed by atoms with Gasteiger partial charge in [0.2, 0.25) is 0 Å². The Hall–Kier alpha value is -1.29. The van der Waals surface area contributed by atoms with E-state index in [0.29, 0.717) is 11.3 Å². The molecule has 1 aromatic carbocycles. The maximum atomic E-state index is 13.6. The Kier molecular flexibility index (Phi) is 4.07. The lowest BCUT2D eigenvalue weighted by Crippen LogP contribution is -2.14. The van der Waals surface area contributed by atoms with E-state index in [1.165, 1.54) is 6.92 Å². The molecule has 2 unspecified atom stereocenters. The van der Waals surface area contributed by atoms with Gasteiger partial charge >= 0.3 is 0 Å². The highest BCUT2D eigenvalue weighted by atomic mass is 19.1. The standard InChI is InChI=1S/C14H20FNO2/c1-9(15)10-7-11(12-5-4-6-16-12)14(18-3)8-13(10)17-2/h7-9,12,16H,4-6H2,1-3H3. The molecule has 18 heavy (non-hydrogen) atoms. The minimum Gasteiger partial charge on any atom is -0.496 e. The van der Waals surface area contributed by atoms with E-state index in [-0.39, 0.29) is 6.04 Å². The summed E-state index contributed by atoms with van der Waals surface area (Å²) in [6.07, 6.45) is 1.15. The normalized spacial score (nSPS) is 20.8. The summed E-state index contributed by atoms with van der Waals surface area (Å²) in [6.45, 7) is 2.52. The van der Waals surface area contributed by atoms with Crippen LogP contribution < -0.4 is 14.8 Å². The predicted octanol–water partition coefficient (Wildman–Crippen LogP) is 3.16. The maximum Gasteiger partial charge on any atom is 0.128 e. The molecule has 100 valence electrons. The molecule has 0 spiro atoms. The van der Waals surface area contributed by atoms with Gasteiger partial charge in [-0.1, -0.05) is 0 Å². The molecule has 1 aliphatic heterocycles. The van der Waals surface area contributed by atoms with Crippen LogP contribution in [0.15, 0.2) is 12.1 Å². The van der Waals surface area contributed by atoms with Crippen LogP contribution in [0.5, 0.6) is 11.5 Å². The molecule has 0 saturated carbocycles. The van der Waals surface area contributed by atoms with Crippen molar-refractivity contribution < 1.29 is 13.9 Å². The fourth-order valence-corrected chi connectivity index (χ4v) is 2.48. The largest absolute Gasteiger partial charge is 0.496 e. The van der Waals surface area contributed by atoms with Gasteiger partial charge in [0.1, 0.15) is 17.7 Å². The van der Waals surface area contributed by atoms with E-state index in [2.05, 4.69) is 5.32 Å². The Morgan fingerprint density at radius 3 is 2.50 bits per heavy atom. The zero-order valence-electron chi connectivity index (χ0n) is 11.1. The summed E-state index contributed by atoms with van der Waals surface area (Å²) >= 11 is 0. The number of alkyl halides is 1. The summed E-state index contributed by atoms with van der Waals surface area (Å²) in [4.78, 5) is 0. The van der Waals surface area contributed by atoms with Crippen molar-refractivity contribution in [3.8, 4) is 11.5 Å². The Balaban J connectivity index is 2.46. The number of nitrogens with one attached hydrogen (secondary N) is 1. The zero-order valence-corrected chi connectivity index (χ0v) is 11.1. The van der Waals surface area contributed by atoms with Crippen LogP contribution in [0.1, 0.15) is 43.1 Å². The Bertz CT molecular complexity index is 415. The lowest BCUT2D eigenvalue weighted by atomic mass is 9.99. The molecule has 2 rings (SSSR count). The number of halogens is 1. The maximum absolute atomic E-state index is 13.6. The minimum absolute atomic E-state index is 0.253. The molecule has 1 N–H and O–H groups in total. The molecule has 4 heteroatoms. The molecular weight excluding hydrogens is 233 g/mol. The molecule has 0 amide bonds. The summed E-state index contributed by atoms with van der Waals surface area (Å²) in [5.74, 6) is 1.30.